The number of hydrogen-bond donors (Lipinski definition) is 3. The summed E-state index contributed by atoms with van der Waals surface area (Å²) < 4.78 is 27.6. The smallest absolute Gasteiger partial charge is 0.345 e. The van der Waals surface area contributed by atoms with E-state index in [4.69, 9.17) is 10.2 Å². The fourth-order valence-corrected chi connectivity index (χ4v) is 5.57. The zero-order valence-electron chi connectivity index (χ0n) is 11.9. The predicted octanol–water partition coefficient (Wildman–Crippen LogP) is 2.28. The molecule has 9 heteroatoms. The first-order valence-corrected chi connectivity index (χ1v) is 9.24. The van der Waals surface area contributed by atoms with Crippen LogP contribution in [0.4, 0.5) is 0 Å². The molecule has 0 amide bonds. The molecule has 6 nitrogen and oxygen atoms in total. The molecule has 1 atom stereocenters. The first-order valence-electron chi connectivity index (χ1n) is 6.15. The number of rotatable bonds is 6. The molecular weight excluding hydrogens is 382 g/mol. The quantitative estimate of drug-likeness (QED) is 0.680. The van der Waals surface area contributed by atoms with Crippen molar-refractivity contribution in [3.8, 4) is 0 Å². The van der Waals surface area contributed by atoms with E-state index < -0.39 is 22.0 Å². The van der Waals surface area contributed by atoms with Gasteiger partial charge in [-0.25, -0.2) is 17.9 Å². The van der Waals surface area contributed by atoms with E-state index in [9.17, 15) is 13.2 Å². The summed E-state index contributed by atoms with van der Waals surface area (Å²) >= 11 is 3.93. The fourth-order valence-electron chi connectivity index (χ4n) is 1.69. The lowest BCUT2D eigenvalue weighted by atomic mass is 9.86. The van der Waals surface area contributed by atoms with E-state index in [1.165, 1.54) is 0 Å². The number of hydrogen-bond acceptors (Lipinski definition) is 5. The van der Waals surface area contributed by atoms with Crippen LogP contribution >= 0.6 is 27.3 Å². The maximum Gasteiger partial charge on any atom is 0.345 e. The second kappa shape index (κ2) is 6.74. The molecule has 1 heterocycles. The molecule has 0 aromatic carbocycles. The number of thiophene rings is 1. The Kier molecular flexibility index (Phi) is 5.96. The first-order chi connectivity index (χ1) is 9.49. The zero-order valence-corrected chi connectivity index (χ0v) is 15.1. The highest BCUT2D eigenvalue weighted by molar-refractivity contribution is 9.11. The van der Waals surface area contributed by atoms with Crippen LogP contribution in [0.3, 0.4) is 0 Å². The molecule has 1 aromatic heterocycles. The number of carboxylic acid groups (broad SMARTS) is 1. The molecule has 0 fully saturated rings. The van der Waals surface area contributed by atoms with Crippen LogP contribution in [0, 0.1) is 5.41 Å². The molecule has 0 aliphatic rings. The van der Waals surface area contributed by atoms with Gasteiger partial charge in [-0.3, -0.25) is 0 Å². The average molecular weight is 400 g/mol. The monoisotopic (exact) mass is 399 g/mol. The van der Waals surface area contributed by atoms with Crippen molar-refractivity contribution in [2.45, 2.75) is 38.1 Å². The molecule has 21 heavy (non-hydrogen) atoms. The van der Waals surface area contributed by atoms with Gasteiger partial charge in [-0.2, -0.15) is 0 Å². The predicted molar refractivity (Wildman–Crippen MR) is 84.2 cm³/mol. The fraction of sp³-hybridized carbons (Fsp3) is 0.583. The number of aromatic carboxylic acids is 1. The number of aliphatic hydroxyl groups is 1. The van der Waals surface area contributed by atoms with Crippen molar-refractivity contribution >= 4 is 43.3 Å². The van der Waals surface area contributed by atoms with Crippen molar-refractivity contribution in [1.82, 2.24) is 4.72 Å². The van der Waals surface area contributed by atoms with Crippen molar-refractivity contribution in [1.29, 1.82) is 0 Å². The van der Waals surface area contributed by atoms with Gasteiger partial charge in [0.1, 0.15) is 9.77 Å². The Morgan fingerprint density at radius 2 is 2.05 bits per heavy atom. The topological polar surface area (TPSA) is 104 Å². The molecule has 1 rings (SSSR count). The summed E-state index contributed by atoms with van der Waals surface area (Å²) in [5.41, 5.74) is -0.381. The van der Waals surface area contributed by atoms with E-state index in [-0.39, 0.29) is 32.0 Å². The van der Waals surface area contributed by atoms with Gasteiger partial charge in [0.15, 0.2) is 0 Å². The van der Waals surface area contributed by atoms with Crippen LogP contribution in [0.5, 0.6) is 0 Å². The van der Waals surface area contributed by atoms with Crippen LogP contribution in [-0.4, -0.2) is 37.2 Å². The number of carbonyl (C=O) groups is 1. The Balaban J connectivity index is 3.13. The van der Waals surface area contributed by atoms with Gasteiger partial charge < -0.3 is 10.2 Å². The number of aliphatic hydroxyl groups excluding tert-OH is 1. The number of sulfonamides is 1. The summed E-state index contributed by atoms with van der Waals surface area (Å²) in [6.07, 6.45) is 0.274. The lowest BCUT2D eigenvalue weighted by molar-refractivity contribution is 0.0702. The first kappa shape index (κ1) is 18.6. The van der Waals surface area contributed by atoms with E-state index >= 15 is 0 Å². The second-order valence-corrected chi connectivity index (χ2v) is 9.66. The number of halogens is 1. The molecule has 3 N–H and O–H groups in total. The lowest BCUT2D eigenvalue weighted by Gasteiger charge is -2.30. The standard InChI is InChI=1S/C12H18BrNO5S2/c1-12(2,3)9(4-5-15)14-21(18,19)8-6-7(11(16)17)20-10(8)13/h6,9,14-15H,4-5H2,1-3H3,(H,16,17). The molecule has 0 saturated heterocycles. The van der Waals surface area contributed by atoms with Gasteiger partial charge in [0, 0.05) is 12.6 Å². The molecule has 1 aromatic rings. The molecule has 0 bridgehead atoms. The largest absolute Gasteiger partial charge is 0.477 e. The van der Waals surface area contributed by atoms with Gasteiger partial charge in [-0.15, -0.1) is 11.3 Å². The van der Waals surface area contributed by atoms with Crippen LogP contribution in [0.2, 0.25) is 0 Å². The summed E-state index contributed by atoms with van der Waals surface area (Å²) in [6, 6.07) is 0.658. The number of nitrogens with one attached hydrogen (secondary N) is 1. The summed E-state index contributed by atoms with van der Waals surface area (Å²) in [6.45, 7) is 5.44. The Morgan fingerprint density at radius 3 is 2.43 bits per heavy atom. The van der Waals surface area contributed by atoms with Crippen molar-refractivity contribution in [2.75, 3.05) is 6.61 Å². The van der Waals surface area contributed by atoms with Gasteiger partial charge in [0.05, 0.1) is 3.79 Å². The van der Waals surface area contributed by atoms with Gasteiger partial charge in [0.2, 0.25) is 10.0 Å². The number of carboxylic acids is 1. The van der Waals surface area contributed by atoms with Gasteiger partial charge in [0.25, 0.3) is 0 Å². The van der Waals surface area contributed by atoms with Crippen LogP contribution < -0.4 is 4.72 Å². The van der Waals surface area contributed by atoms with E-state index in [0.717, 1.165) is 17.4 Å². The van der Waals surface area contributed by atoms with E-state index in [2.05, 4.69) is 20.7 Å². The van der Waals surface area contributed by atoms with Crippen LogP contribution in [0.1, 0.15) is 36.9 Å². The van der Waals surface area contributed by atoms with Crippen LogP contribution in [0.15, 0.2) is 14.7 Å². The minimum Gasteiger partial charge on any atom is -0.477 e. The van der Waals surface area contributed by atoms with Crippen LogP contribution in [0.25, 0.3) is 0 Å². The molecule has 0 aliphatic carbocycles. The maximum absolute atomic E-state index is 12.4. The van der Waals surface area contributed by atoms with E-state index in [1.54, 1.807) is 0 Å². The van der Waals surface area contributed by atoms with Gasteiger partial charge in [-0.1, -0.05) is 20.8 Å². The summed E-state index contributed by atoms with van der Waals surface area (Å²) in [5.74, 6) is -1.18. The van der Waals surface area contributed by atoms with Crippen molar-refractivity contribution in [3.05, 3.63) is 14.7 Å². The molecule has 1 unspecified atom stereocenters. The highest BCUT2D eigenvalue weighted by atomic mass is 79.9. The normalized spacial score (nSPS) is 14.1. The minimum absolute atomic E-state index is 0.0586. The Morgan fingerprint density at radius 1 is 1.48 bits per heavy atom. The Bertz CT molecular complexity index is 618. The third kappa shape index (κ3) is 4.75. The third-order valence-electron chi connectivity index (χ3n) is 2.92. The molecule has 0 spiro atoms. The maximum atomic E-state index is 12.4. The Labute approximate surface area is 136 Å². The van der Waals surface area contributed by atoms with Gasteiger partial charge in [-0.05, 0) is 33.8 Å². The van der Waals surface area contributed by atoms with Crippen LogP contribution in [-0.2, 0) is 10.0 Å². The van der Waals surface area contributed by atoms with Crippen molar-refractivity contribution < 1.29 is 23.4 Å². The summed E-state index contributed by atoms with van der Waals surface area (Å²) in [5, 5.41) is 18.0. The third-order valence-corrected chi connectivity index (χ3v) is 6.63. The molecule has 0 aliphatic heterocycles. The second-order valence-electron chi connectivity index (χ2n) is 5.61. The minimum atomic E-state index is -3.87. The van der Waals surface area contributed by atoms with Crippen molar-refractivity contribution in [2.24, 2.45) is 5.41 Å². The highest BCUT2D eigenvalue weighted by Gasteiger charge is 2.31. The van der Waals surface area contributed by atoms with Gasteiger partial charge >= 0.3 is 5.97 Å². The molecule has 0 radical (unpaired) electrons. The van der Waals surface area contributed by atoms with E-state index in [1.807, 2.05) is 20.8 Å². The molecule has 0 saturated carbocycles. The van der Waals surface area contributed by atoms with Crippen molar-refractivity contribution in [3.63, 3.8) is 0 Å². The Hall–Kier alpha value is -0.480. The zero-order chi connectivity index (χ0) is 16.4. The average Bonchev–Trinajstić information content (AvgIpc) is 2.70. The summed E-state index contributed by atoms with van der Waals surface area (Å²) in [4.78, 5) is 10.8. The molecule has 120 valence electrons. The molecular formula is C12H18BrNO5S2. The van der Waals surface area contributed by atoms with E-state index in [0.29, 0.717) is 0 Å². The highest BCUT2D eigenvalue weighted by Crippen LogP contribution is 2.33. The summed E-state index contributed by atoms with van der Waals surface area (Å²) in [7, 11) is -3.87. The lowest BCUT2D eigenvalue weighted by Crippen LogP contribution is -2.44. The SMILES string of the molecule is CC(C)(C)C(CCO)NS(=O)(=O)c1cc(C(=O)O)sc1Br.